The van der Waals surface area contributed by atoms with E-state index in [1.165, 1.54) is 27.8 Å². The van der Waals surface area contributed by atoms with Crippen molar-refractivity contribution in [3.05, 3.63) is 168 Å². The summed E-state index contributed by atoms with van der Waals surface area (Å²) in [5.74, 6) is 0. The predicted molar refractivity (Wildman–Crippen MR) is 197 cm³/mol. The number of amides is 2. The fourth-order valence-electron chi connectivity index (χ4n) is 6.05. The van der Waals surface area contributed by atoms with Gasteiger partial charge in [0.25, 0.3) is 0 Å². The molecule has 0 saturated heterocycles. The van der Waals surface area contributed by atoms with Crippen molar-refractivity contribution in [2.45, 2.75) is 58.2 Å². The molecule has 7 aromatic rings. The van der Waals surface area contributed by atoms with Crippen LogP contribution in [0.4, 0.5) is 4.79 Å². The number of hydrogen-bond acceptors (Lipinski definition) is 3. The zero-order valence-electron chi connectivity index (χ0n) is 29.5. The number of carbonyl (C=O) groups excluding carboxylic acids is 1. The van der Waals surface area contributed by atoms with Crippen LogP contribution in [-0.2, 0) is 90.3 Å². The zero-order chi connectivity index (χ0) is 34.2. The van der Waals surface area contributed by atoms with Crippen LogP contribution in [0.5, 0.6) is 0 Å². The predicted octanol–water partition coefficient (Wildman–Crippen LogP) is 8.40. The Hall–Kier alpha value is -3.48. The number of urea groups is 1. The number of carbonyl (C=O) groups is 1. The minimum Gasteiger partial charge on any atom is -0.352 e. The third kappa shape index (κ3) is 11.0. The second-order valence-electron chi connectivity index (χ2n) is 13.3. The number of benzene rings is 5. The first-order valence-corrected chi connectivity index (χ1v) is 16.7. The minimum atomic E-state index is -0.442. The van der Waals surface area contributed by atoms with Crippen LogP contribution in [0.2, 0.25) is 0 Å². The van der Waals surface area contributed by atoms with Crippen LogP contribution in [0.3, 0.4) is 0 Å². The molecule has 0 saturated carbocycles. The van der Waals surface area contributed by atoms with E-state index in [9.17, 15) is 4.79 Å². The topological polar surface area (TPSA) is 90.8 Å². The SMILES string of the molecule is CC(C)(C)c1ccc2c(c1)CC[C@H]2NC(N)=O.[Y].[Y].[c-]1cccc2c1cnn2Cc1ccccc1.[c-]1cccc2nn(Cc3ccccc3)cc12. The summed E-state index contributed by atoms with van der Waals surface area (Å²) < 4.78 is 3.96. The van der Waals surface area contributed by atoms with E-state index in [1.807, 2.05) is 88.5 Å². The van der Waals surface area contributed by atoms with Gasteiger partial charge in [0.05, 0.1) is 19.1 Å². The summed E-state index contributed by atoms with van der Waals surface area (Å²) in [6.07, 6.45) is 5.86. The molecule has 0 unspecified atom stereocenters. The molecule has 0 spiro atoms. The molecule has 2 heterocycles. The van der Waals surface area contributed by atoms with Crippen molar-refractivity contribution < 1.29 is 70.2 Å². The van der Waals surface area contributed by atoms with Gasteiger partial charge in [-0.1, -0.05) is 99.6 Å². The molecule has 0 fully saturated rings. The van der Waals surface area contributed by atoms with E-state index in [0.29, 0.717) is 0 Å². The normalized spacial score (nSPS) is 13.0. The largest absolute Gasteiger partial charge is 0.352 e. The maximum Gasteiger partial charge on any atom is 0.312 e. The second-order valence-corrected chi connectivity index (χ2v) is 13.3. The molecule has 0 aliphatic heterocycles. The number of nitrogens with zero attached hydrogens (tertiary/aromatic N) is 4. The number of hydrogen-bond donors (Lipinski definition) is 2. The fourth-order valence-corrected chi connectivity index (χ4v) is 6.05. The number of primary amides is 1. The molecule has 1 aliphatic rings. The third-order valence-corrected chi connectivity index (χ3v) is 8.61. The third-order valence-electron chi connectivity index (χ3n) is 8.61. The Morgan fingerprint density at radius 3 is 2.14 bits per heavy atom. The van der Waals surface area contributed by atoms with Crippen LogP contribution in [0.1, 0.15) is 61.1 Å². The Balaban J connectivity index is 0.000000168. The summed E-state index contributed by atoms with van der Waals surface area (Å²) in [5.41, 5.74) is 13.9. The minimum absolute atomic E-state index is 0. The van der Waals surface area contributed by atoms with Crippen LogP contribution < -0.4 is 11.1 Å². The average Bonchev–Trinajstić information content (AvgIpc) is 3.82. The molecule has 2 radical (unpaired) electrons. The van der Waals surface area contributed by atoms with Crippen molar-refractivity contribution in [1.82, 2.24) is 24.9 Å². The zero-order valence-corrected chi connectivity index (χ0v) is 35.1. The Bertz CT molecular complexity index is 2100. The number of aryl methyl sites for hydroxylation is 1. The van der Waals surface area contributed by atoms with E-state index in [2.05, 4.69) is 96.9 Å². The number of nitrogens with two attached hydrogens (primary N) is 1. The fraction of sp³-hybridized carbons (Fsp3) is 0.214. The van der Waals surface area contributed by atoms with Gasteiger partial charge >= 0.3 is 6.03 Å². The smallest absolute Gasteiger partial charge is 0.312 e. The van der Waals surface area contributed by atoms with Gasteiger partial charge in [0.15, 0.2) is 0 Å². The van der Waals surface area contributed by atoms with Gasteiger partial charge in [-0.15, -0.1) is 59.3 Å². The van der Waals surface area contributed by atoms with E-state index in [-0.39, 0.29) is 76.9 Å². The Labute approximate surface area is 351 Å². The number of nitrogens with one attached hydrogen (secondary N) is 1. The van der Waals surface area contributed by atoms with E-state index in [4.69, 9.17) is 5.73 Å². The molecule has 2 amide bonds. The first kappa shape index (κ1) is 40.3. The van der Waals surface area contributed by atoms with E-state index >= 15 is 0 Å². The first-order chi connectivity index (χ1) is 23.7. The van der Waals surface area contributed by atoms with Crippen LogP contribution in [0.15, 0.2) is 128 Å². The average molecular weight is 825 g/mol. The van der Waals surface area contributed by atoms with Gasteiger partial charge in [0.1, 0.15) is 0 Å². The van der Waals surface area contributed by atoms with E-state index in [0.717, 1.165) is 47.7 Å². The molecule has 51 heavy (non-hydrogen) atoms. The monoisotopic (exact) mass is 824 g/mol. The molecule has 7 nitrogen and oxygen atoms in total. The van der Waals surface area contributed by atoms with Crippen molar-refractivity contribution >= 4 is 27.8 Å². The number of rotatable bonds is 5. The summed E-state index contributed by atoms with van der Waals surface area (Å²) in [6.45, 7) is 8.25. The van der Waals surface area contributed by atoms with Gasteiger partial charge < -0.3 is 20.4 Å². The van der Waals surface area contributed by atoms with Crippen molar-refractivity contribution in [2.75, 3.05) is 0 Å². The van der Waals surface area contributed by atoms with Gasteiger partial charge in [-0.25, -0.2) is 15.0 Å². The number of fused-ring (bicyclic) bond motifs is 3. The summed E-state index contributed by atoms with van der Waals surface area (Å²) >= 11 is 0. The van der Waals surface area contributed by atoms with Crippen molar-refractivity contribution in [3.8, 4) is 0 Å². The molecular formula is C42H42N6OY2-2. The Morgan fingerprint density at radius 2 is 1.49 bits per heavy atom. The molecule has 3 N–H and O–H groups in total. The first-order valence-electron chi connectivity index (χ1n) is 16.7. The van der Waals surface area contributed by atoms with Crippen molar-refractivity contribution in [1.29, 1.82) is 0 Å². The summed E-state index contributed by atoms with van der Waals surface area (Å²) in [7, 11) is 0. The molecular weight excluding hydrogens is 782 g/mol. The van der Waals surface area contributed by atoms with Crippen molar-refractivity contribution in [2.24, 2.45) is 5.73 Å². The van der Waals surface area contributed by atoms with E-state index in [1.54, 1.807) is 0 Å². The van der Waals surface area contributed by atoms with Crippen LogP contribution in [-0.4, -0.2) is 25.6 Å². The second kappa shape index (κ2) is 18.8. The number of aromatic nitrogens is 4. The van der Waals surface area contributed by atoms with Crippen molar-refractivity contribution in [3.63, 3.8) is 0 Å². The maximum atomic E-state index is 10.9. The molecule has 5 aromatic carbocycles. The van der Waals surface area contributed by atoms with Crippen LogP contribution in [0.25, 0.3) is 21.8 Å². The molecule has 254 valence electrons. The maximum absolute atomic E-state index is 10.9. The van der Waals surface area contributed by atoms with Gasteiger partial charge in [0.2, 0.25) is 0 Å². The molecule has 8 rings (SSSR count). The molecule has 1 aliphatic carbocycles. The quantitative estimate of drug-likeness (QED) is 0.171. The van der Waals surface area contributed by atoms with Crippen LogP contribution >= 0.6 is 0 Å². The summed E-state index contributed by atoms with van der Waals surface area (Å²) in [5, 5.41) is 13.8. The van der Waals surface area contributed by atoms with Gasteiger partial charge in [-0.2, -0.15) is 0 Å². The van der Waals surface area contributed by atoms with Crippen LogP contribution in [0, 0.1) is 12.1 Å². The van der Waals surface area contributed by atoms with Gasteiger partial charge in [-0.05, 0) is 69.5 Å². The Kier molecular flexibility index (Phi) is 14.9. The molecule has 0 bridgehead atoms. The molecule has 9 heteroatoms. The standard InChI is InChI=1S/C14H20N2O.2C14H11N2.2Y/c1-14(2,3)10-5-6-11-9(8-10)4-7-12(11)16-13(15)17;1-2-6-12(7-3-1)11-16-14-9-5-4-8-13(14)10-15-16;1-2-6-12(7-3-1)10-16-11-13-8-4-5-9-14(13)15-16;;/h5-6,8,12H,4,7H2,1-3H3,(H3,15,16,17);1-7,9-10H,11H2;1-7,9,11H,10H2;;/q;2*-1;;/t12-;;;;/m1..../s1. The molecule has 2 aromatic heterocycles. The summed E-state index contributed by atoms with van der Waals surface area (Å²) in [4.78, 5) is 10.9. The van der Waals surface area contributed by atoms with Gasteiger partial charge in [-0.3, -0.25) is 0 Å². The van der Waals surface area contributed by atoms with Gasteiger partial charge in [0, 0.05) is 65.4 Å². The van der Waals surface area contributed by atoms with E-state index < -0.39 is 6.03 Å². The molecule has 1 atom stereocenters. The summed E-state index contributed by atoms with van der Waals surface area (Å²) in [6, 6.07) is 45.1. The Morgan fingerprint density at radius 1 is 0.843 bits per heavy atom.